The molecule has 1 aliphatic rings. The molecule has 1 heterocycles. The number of carbonyl (C=O) groups is 1. The molecule has 2 aromatic rings. The lowest BCUT2D eigenvalue weighted by molar-refractivity contribution is -0.113. The first-order valence-electron chi connectivity index (χ1n) is 7.95. The van der Waals surface area contributed by atoms with Crippen LogP contribution >= 0.6 is 23.4 Å². The third-order valence-corrected chi connectivity index (χ3v) is 5.22. The van der Waals surface area contributed by atoms with E-state index in [2.05, 4.69) is 10.2 Å². The maximum Gasteiger partial charge on any atom is 0.234 e. The first-order chi connectivity index (χ1) is 12.0. The van der Waals surface area contributed by atoms with Gasteiger partial charge in [-0.2, -0.15) is 0 Å². The van der Waals surface area contributed by atoms with Crippen molar-refractivity contribution in [2.24, 2.45) is 0 Å². The van der Waals surface area contributed by atoms with E-state index < -0.39 is 11.6 Å². The number of nitrogens with one attached hydrogen (secondary N) is 1. The summed E-state index contributed by atoms with van der Waals surface area (Å²) in [6, 6.07) is 8.73. The molecule has 7 heteroatoms. The van der Waals surface area contributed by atoms with Crippen LogP contribution in [0.3, 0.4) is 0 Å². The number of benzene rings is 2. The van der Waals surface area contributed by atoms with Crippen LogP contribution in [0, 0.1) is 11.6 Å². The minimum Gasteiger partial charge on any atom is -0.370 e. The molecular weight excluding hydrogens is 366 g/mol. The lowest BCUT2D eigenvalue weighted by Gasteiger charge is -2.21. The van der Waals surface area contributed by atoms with E-state index in [1.807, 2.05) is 6.07 Å². The van der Waals surface area contributed by atoms with Crippen molar-refractivity contribution in [2.45, 2.75) is 17.7 Å². The number of halogens is 3. The number of anilines is 2. The molecule has 1 fully saturated rings. The summed E-state index contributed by atoms with van der Waals surface area (Å²) in [5.41, 5.74) is 1.59. The molecule has 0 aliphatic carbocycles. The zero-order valence-electron chi connectivity index (χ0n) is 13.4. The Morgan fingerprint density at radius 1 is 1.16 bits per heavy atom. The van der Waals surface area contributed by atoms with Gasteiger partial charge in [0.25, 0.3) is 0 Å². The highest BCUT2D eigenvalue weighted by Crippen LogP contribution is 2.32. The molecule has 0 saturated carbocycles. The lowest BCUT2D eigenvalue weighted by Crippen LogP contribution is -2.21. The van der Waals surface area contributed by atoms with Crippen molar-refractivity contribution in [1.29, 1.82) is 0 Å². The van der Waals surface area contributed by atoms with Crippen LogP contribution in [0.4, 0.5) is 20.2 Å². The summed E-state index contributed by atoms with van der Waals surface area (Å²) in [6.45, 7) is 1.89. The van der Waals surface area contributed by atoms with Gasteiger partial charge in [0, 0.05) is 29.1 Å². The van der Waals surface area contributed by atoms with E-state index >= 15 is 0 Å². The molecule has 0 radical (unpaired) electrons. The minimum atomic E-state index is -0.668. The first kappa shape index (κ1) is 18.0. The second-order valence-electron chi connectivity index (χ2n) is 5.77. The molecule has 1 amide bonds. The van der Waals surface area contributed by atoms with Crippen LogP contribution in [-0.4, -0.2) is 24.7 Å². The van der Waals surface area contributed by atoms with Gasteiger partial charge in [-0.3, -0.25) is 4.79 Å². The first-order valence-corrected chi connectivity index (χ1v) is 9.31. The van der Waals surface area contributed by atoms with Crippen molar-refractivity contribution < 1.29 is 13.6 Å². The number of amides is 1. The van der Waals surface area contributed by atoms with E-state index in [1.165, 1.54) is 12.1 Å². The number of hydrogen-bond acceptors (Lipinski definition) is 3. The molecule has 0 aromatic heterocycles. The largest absolute Gasteiger partial charge is 0.370 e. The summed E-state index contributed by atoms with van der Waals surface area (Å²) in [6.07, 6.45) is 2.24. The molecule has 0 atom stereocenters. The maximum absolute atomic E-state index is 13.6. The molecule has 1 N–H and O–H groups in total. The molecule has 0 unspecified atom stereocenters. The maximum atomic E-state index is 13.6. The number of carbonyl (C=O) groups excluding carboxylic acids is 1. The third kappa shape index (κ3) is 4.64. The van der Waals surface area contributed by atoms with Crippen LogP contribution in [0.15, 0.2) is 41.3 Å². The second-order valence-corrected chi connectivity index (χ2v) is 7.22. The topological polar surface area (TPSA) is 32.3 Å². The molecule has 3 rings (SSSR count). The Hall–Kier alpha value is -1.79. The Kier molecular flexibility index (Phi) is 5.81. The highest BCUT2D eigenvalue weighted by Gasteiger charge is 2.17. The summed E-state index contributed by atoms with van der Waals surface area (Å²) < 4.78 is 26.6. The SMILES string of the molecule is O=C(CSc1ccc(F)cc1F)Nc1cc(Cl)ccc1N1CCCC1. The van der Waals surface area contributed by atoms with Crippen molar-refractivity contribution in [3.63, 3.8) is 0 Å². The van der Waals surface area contributed by atoms with E-state index in [0.29, 0.717) is 10.7 Å². The Labute approximate surface area is 154 Å². The number of hydrogen-bond donors (Lipinski definition) is 1. The number of nitrogens with zero attached hydrogens (tertiary/aromatic N) is 1. The molecule has 0 bridgehead atoms. The zero-order valence-corrected chi connectivity index (χ0v) is 15.0. The fourth-order valence-electron chi connectivity index (χ4n) is 2.76. The van der Waals surface area contributed by atoms with Crippen LogP contribution < -0.4 is 10.2 Å². The third-order valence-electron chi connectivity index (χ3n) is 3.93. The van der Waals surface area contributed by atoms with Gasteiger partial charge in [-0.15, -0.1) is 11.8 Å². The molecule has 2 aromatic carbocycles. The van der Waals surface area contributed by atoms with Gasteiger partial charge in [-0.05, 0) is 43.2 Å². The second kappa shape index (κ2) is 8.06. The fourth-order valence-corrected chi connectivity index (χ4v) is 3.66. The quantitative estimate of drug-likeness (QED) is 0.742. The van der Waals surface area contributed by atoms with Gasteiger partial charge in [-0.25, -0.2) is 8.78 Å². The van der Waals surface area contributed by atoms with Gasteiger partial charge in [0.05, 0.1) is 17.1 Å². The summed E-state index contributed by atoms with van der Waals surface area (Å²) in [4.78, 5) is 14.7. The van der Waals surface area contributed by atoms with Crippen molar-refractivity contribution in [2.75, 3.05) is 29.1 Å². The molecule has 25 heavy (non-hydrogen) atoms. The normalized spacial score (nSPS) is 14.0. The Bertz CT molecular complexity index is 782. The monoisotopic (exact) mass is 382 g/mol. The van der Waals surface area contributed by atoms with Crippen LogP contribution in [0.5, 0.6) is 0 Å². The van der Waals surface area contributed by atoms with Crippen LogP contribution in [-0.2, 0) is 4.79 Å². The average Bonchev–Trinajstić information content (AvgIpc) is 3.08. The standard InChI is InChI=1S/C18H17ClF2N2OS/c19-12-3-5-16(23-7-1-2-8-23)15(9-12)22-18(24)11-25-17-6-4-13(20)10-14(17)21/h3-6,9-10H,1-2,7-8,11H2,(H,22,24). The summed E-state index contributed by atoms with van der Waals surface area (Å²) in [5.74, 6) is -1.55. The van der Waals surface area contributed by atoms with E-state index in [9.17, 15) is 13.6 Å². The van der Waals surface area contributed by atoms with Crippen LogP contribution in [0.2, 0.25) is 5.02 Å². The van der Waals surface area contributed by atoms with Crippen molar-refractivity contribution >= 4 is 40.6 Å². The van der Waals surface area contributed by atoms with Crippen molar-refractivity contribution in [1.82, 2.24) is 0 Å². The lowest BCUT2D eigenvalue weighted by atomic mass is 10.2. The van der Waals surface area contributed by atoms with Gasteiger partial charge in [0.15, 0.2) is 0 Å². The van der Waals surface area contributed by atoms with E-state index in [4.69, 9.17) is 11.6 Å². The fraction of sp³-hybridized carbons (Fsp3) is 0.278. The Morgan fingerprint density at radius 3 is 2.64 bits per heavy atom. The van der Waals surface area contributed by atoms with E-state index in [-0.39, 0.29) is 16.6 Å². The predicted molar refractivity (Wildman–Crippen MR) is 98.6 cm³/mol. The van der Waals surface area contributed by atoms with Crippen LogP contribution in [0.1, 0.15) is 12.8 Å². The number of thioether (sulfide) groups is 1. The molecule has 1 aliphatic heterocycles. The highest BCUT2D eigenvalue weighted by molar-refractivity contribution is 8.00. The van der Waals surface area contributed by atoms with Crippen molar-refractivity contribution in [3.05, 3.63) is 53.1 Å². The molecular formula is C18H17ClF2N2OS. The molecule has 132 valence electrons. The molecule has 1 saturated heterocycles. The van der Waals surface area contributed by atoms with E-state index in [1.54, 1.807) is 12.1 Å². The van der Waals surface area contributed by atoms with Gasteiger partial charge in [0.1, 0.15) is 11.6 Å². The summed E-state index contributed by atoms with van der Waals surface area (Å²) in [7, 11) is 0. The Balaban J connectivity index is 1.67. The average molecular weight is 383 g/mol. The van der Waals surface area contributed by atoms with Crippen molar-refractivity contribution in [3.8, 4) is 0 Å². The van der Waals surface area contributed by atoms with Crippen LogP contribution in [0.25, 0.3) is 0 Å². The highest BCUT2D eigenvalue weighted by atomic mass is 35.5. The summed E-state index contributed by atoms with van der Waals surface area (Å²) >= 11 is 7.08. The van der Waals surface area contributed by atoms with Gasteiger partial charge >= 0.3 is 0 Å². The van der Waals surface area contributed by atoms with Gasteiger partial charge < -0.3 is 10.2 Å². The van der Waals surface area contributed by atoms with E-state index in [0.717, 1.165) is 49.4 Å². The molecule has 3 nitrogen and oxygen atoms in total. The minimum absolute atomic E-state index is 0.0223. The van der Waals surface area contributed by atoms with Gasteiger partial charge in [-0.1, -0.05) is 11.6 Å². The number of rotatable bonds is 5. The predicted octanol–water partition coefficient (Wildman–Crippen LogP) is 4.95. The Morgan fingerprint density at radius 2 is 1.92 bits per heavy atom. The van der Waals surface area contributed by atoms with Gasteiger partial charge in [0.2, 0.25) is 5.91 Å². The molecule has 0 spiro atoms. The zero-order chi connectivity index (χ0) is 17.8. The summed E-state index contributed by atoms with van der Waals surface area (Å²) in [5, 5.41) is 3.38. The smallest absolute Gasteiger partial charge is 0.234 e.